The molecule has 0 aliphatic heterocycles. The minimum absolute atomic E-state index is 0. The first kappa shape index (κ1) is 15.6. The molecule has 0 radical (unpaired) electrons. The Morgan fingerprint density at radius 3 is 2.58 bits per heavy atom. The highest BCUT2D eigenvalue weighted by Crippen LogP contribution is 2.04. The summed E-state index contributed by atoms with van der Waals surface area (Å²) in [5, 5.41) is 0. The predicted octanol–water partition coefficient (Wildman–Crippen LogP) is -0.619. The molecule has 0 amide bonds. The highest BCUT2D eigenvalue weighted by molar-refractivity contribution is 5.95. The van der Waals surface area contributed by atoms with Gasteiger partial charge in [-0.2, -0.15) is 0 Å². The van der Waals surface area contributed by atoms with E-state index in [1.807, 2.05) is 54.5 Å². The van der Waals surface area contributed by atoms with E-state index in [9.17, 15) is 4.79 Å². The fourth-order valence-electron chi connectivity index (χ4n) is 1.92. The first-order valence-corrected chi connectivity index (χ1v) is 6.33. The lowest BCUT2D eigenvalue weighted by molar-refractivity contribution is -0.682. The average molecular weight is 323 g/mol. The van der Waals surface area contributed by atoms with Crippen LogP contribution in [0.1, 0.15) is 29.3 Å². The van der Waals surface area contributed by atoms with E-state index in [1.54, 1.807) is 0 Å². The van der Waals surface area contributed by atoms with Crippen molar-refractivity contribution < 1.29 is 26.3 Å². The van der Waals surface area contributed by atoms with Gasteiger partial charge in [0.05, 0.1) is 6.54 Å². The van der Waals surface area contributed by atoms with Gasteiger partial charge in [0.1, 0.15) is 12.4 Å². The molecule has 19 heavy (non-hydrogen) atoms. The molecule has 0 aliphatic rings. The van der Waals surface area contributed by atoms with E-state index >= 15 is 0 Å². The van der Waals surface area contributed by atoms with Crippen molar-refractivity contribution in [3.05, 3.63) is 54.1 Å². The number of halogens is 1. The zero-order valence-corrected chi connectivity index (χ0v) is 12.9. The van der Waals surface area contributed by atoms with Gasteiger partial charge in [0.15, 0.2) is 6.54 Å². The number of carbonyl (C=O) groups excluding carboxylic acids is 1. The number of aromatic nitrogens is 2. The molecule has 0 aliphatic carbocycles. The summed E-state index contributed by atoms with van der Waals surface area (Å²) in [7, 11) is 0. The number of imidazole rings is 1. The van der Waals surface area contributed by atoms with Crippen LogP contribution < -0.4 is 21.5 Å². The van der Waals surface area contributed by atoms with Crippen molar-refractivity contribution in [2.24, 2.45) is 0 Å². The van der Waals surface area contributed by atoms with Gasteiger partial charge in [-0.1, -0.05) is 36.8 Å². The van der Waals surface area contributed by atoms with Crippen molar-refractivity contribution in [2.45, 2.75) is 33.4 Å². The molecule has 0 saturated carbocycles. The van der Waals surface area contributed by atoms with Crippen molar-refractivity contribution in [1.29, 1.82) is 0 Å². The Morgan fingerprint density at radius 2 is 1.95 bits per heavy atom. The number of ketones is 1. The third-order valence-corrected chi connectivity index (χ3v) is 2.93. The Balaban J connectivity index is 0.00000180. The number of hydrogen-bond donors (Lipinski definition) is 0. The maximum absolute atomic E-state index is 12.1. The SMILES string of the molecule is CCCn1cc[n+](CC(=O)c2ccc(C)cc2)c1.[Br-]. The quantitative estimate of drug-likeness (QED) is 0.532. The van der Waals surface area contributed by atoms with Crippen LogP contribution in [0.4, 0.5) is 0 Å². The molecule has 1 heterocycles. The molecule has 2 aromatic rings. The summed E-state index contributed by atoms with van der Waals surface area (Å²) in [5.41, 5.74) is 1.95. The molecule has 0 bridgehead atoms. The molecule has 0 atom stereocenters. The van der Waals surface area contributed by atoms with Crippen molar-refractivity contribution in [2.75, 3.05) is 0 Å². The van der Waals surface area contributed by atoms with E-state index in [4.69, 9.17) is 0 Å². The van der Waals surface area contributed by atoms with E-state index < -0.39 is 0 Å². The number of aryl methyl sites for hydroxylation is 2. The van der Waals surface area contributed by atoms with Gasteiger partial charge in [-0.15, -0.1) is 0 Å². The number of rotatable bonds is 5. The van der Waals surface area contributed by atoms with Crippen LogP contribution in [0.15, 0.2) is 43.0 Å². The number of Topliss-reactive ketones (excluding diaryl/α,β-unsaturated/α-hetero) is 1. The summed E-state index contributed by atoms with van der Waals surface area (Å²) in [5.74, 6) is 0.147. The number of nitrogens with zero attached hydrogens (tertiary/aromatic N) is 2. The molecule has 4 heteroatoms. The van der Waals surface area contributed by atoms with Gasteiger partial charge in [0.25, 0.3) is 0 Å². The van der Waals surface area contributed by atoms with Crippen LogP contribution in [0.2, 0.25) is 0 Å². The Kier molecular flexibility index (Phi) is 5.96. The smallest absolute Gasteiger partial charge is 0.244 e. The molecule has 102 valence electrons. The lowest BCUT2D eigenvalue weighted by Gasteiger charge is -1.99. The van der Waals surface area contributed by atoms with E-state index in [2.05, 4.69) is 11.5 Å². The summed E-state index contributed by atoms with van der Waals surface area (Å²) in [4.78, 5) is 12.1. The molecule has 0 spiro atoms. The molecular formula is C15H19BrN2O. The van der Waals surface area contributed by atoms with Gasteiger partial charge in [-0.05, 0) is 13.3 Å². The summed E-state index contributed by atoms with van der Waals surface area (Å²) in [6.45, 7) is 5.56. The van der Waals surface area contributed by atoms with Gasteiger partial charge in [-0.3, -0.25) is 4.79 Å². The molecule has 0 fully saturated rings. The maximum atomic E-state index is 12.1. The second kappa shape index (κ2) is 7.24. The van der Waals surface area contributed by atoms with E-state index in [0.29, 0.717) is 6.54 Å². The van der Waals surface area contributed by atoms with Gasteiger partial charge < -0.3 is 17.0 Å². The fraction of sp³-hybridized carbons (Fsp3) is 0.333. The zero-order chi connectivity index (χ0) is 13.0. The predicted molar refractivity (Wildman–Crippen MR) is 70.4 cm³/mol. The van der Waals surface area contributed by atoms with Crippen LogP contribution in [-0.4, -0.2) is 10.4 Å². The molecule has 1 aromatic carbocycles. The van der Waals surface area contributed by atoms with Crippen molar-refractivity contribution in [3.8, 4) is 0 Å². The summed E-state index contributed by atoms with van der Waals surface area (Å²) in [6.07, 6.45) is 7.03. The Bertz CT molecular complexity index is 531. The second-order valence-electron chi connectivity index (χ2n) is 4.61. The summed E-state index contributed by atoms with van der Waals surface area (Å²) in [6, 6.07) is 7.73. The van der Waals surface area contributed by atoms with Gasteiger partial charge in [0, 0.05) is 5.56 Å². The second-order valence-corrected chi connectivity index (χ2v) is 4.61. The fourth-order valence-corrected chi connectivity index (χ4v) is 1.92. The first-order chi connectivity index (χ1) is 8.69. The normalized spacial score (nSPS) is 10.0. The minimum Gasteiger partial charge on any atom is -1.00 e. The van der Waals surface area contributed by atoms with Crippen LogP contribution >= 0.6 is 0 Å². The van der Waals surface area contributed by atoms with E-state index in [-0.39, 0.29) is 22.8 Å². The maximum Gasteiger partial charge on any atom is 0.244 e. The molecule has 3 nitrogen and oxygen atoms in total. The molecule has 0 unspecified atom stereocenters. The van der Waals surface area contributed by atoms with Gasteiger partial charge in [0.2, 0.25) is 12.1 Å². The molecule has 0 N–H and O–H groups in total. The summed E-state index contributed by atoms with van der Waals surface area (Å²) >= 11 is 0. The van der Waals surface area contributed by atoms with Gasteiger partial charge >= 0.3 is 0 Å². The number of benzene rings is 1. The lowest BCUT2D eigenvalue weighted by Crippen LogP contribution is -3.00. The summed E-state index contributed by atoms with van der Waals surface area (Å²) < 4.78 is 4.03. The van der Waals surface area contributed by atoms with Gasteiger partial charge in [-0.25, -0.2) is 9.13 Å². The number of carbonyl (C=O) groups is 1. The topological polar surface area (TPSA) is 25.9 Å². The Labute approximate surface area is 124 Å². The van der Waals surface area contributed by atoms with Crippen molar-refractivity contribution >= 4 is 5.78 Å². The molecule has 2 rings (SSSR count). The molecule has 1 aromatic heterocycles. The third-order valence-electron chi connectivity index (χ3n) is 2.93. The van der Waals surface area contributed by atoms with Crippen LogP contribution in [0.5, 0.6) is 0 Å². The van der Waals surface area contributed by atoms with Crippen LogP contribution in [0.3, 0.4) is 0 Å². The van der Waals surface area contributed by atoms with Crippen molar-refractivity contribution in [3.63, 3.8) is 0 Å². The third kappa shape index (κ3) is 4.31. The van der Waals surface area contributed by atoms with Crippen LogP contribution in [0.25, 0.3) is 0 Å². The zero-order valence-electron chi connectivity index (χ0n) is 11.3. The van der Waals surface area contributed by atoms with Crippen molar-refractivity contribution in [1.82, 2.24) is 4.57 Å². The highest BCUT2D eigenvalue weighted by atomic mass is 79.9. The monoisotopic (exact) mass is 322 g/mol. The largest absolute Gasteiger partial charge is 1.00 e. The standard InChI is InChI=1S/C15H19N2O.BrH/c1-3-8-16-9-10-17(12-16)11-15(18)14-6-4-13(2)5-7-14;/h4-7,9-10,12H,3,8,11H2,1-2H3;1H/q+1;/p-1. The van der Waals surface area contributed by atoms with E-state index in [1.165, 1.54) is 5.56 Å². The highest BCUT2D eigenvalue weighted by Gasteiger charge is 2.10. The van der Waals surface area contributed by atoms with E-state index in [0.717, 1.165) is 18.5 Å². The Morgan fingerprint density at radius 1 is 1.26 bits per heavy atom. The number of hydrogen-bond acceptors (Lipinski definition) is 1. The molecule has 0 saturated heterocycles. The van der Waals surface area contributed by atoms with Crippen LogP contribution in [0, 0.1) is 6.92 Å². The lowest BCUT2D eigenvalue weighted by atomic mass is 10.1. The average Bonchev–Trinajstić information content (AvgIpc) is 2.78. The minimum atomic E-state index is 0. The Hall–Kier alpha value is -1.42. The van der Waals surface area contributed by atoms with Crippen LogP contribution in [-0.2, 0) is 13.1 Å². The molecular weight excluding hydrogens is 304 g/mol. The first-order valence-electron chi connectivity index (χ1n) is 6.33.